The molecule has 0 spiro atoms. The SMILES string of the molecule is COCCn1cc(C(=O)NC2CCCCCCC2)c(=O)c(C(=O)N2CCC(C)CC2)c1. The summed E-state index contributed by atoms with van der Waals surface area (Å²) in [4.78, 5) is 41.2. The molecule has 7 heteroatoms. The van der Waals surface area contributed by atoms with Crippen LogP contribution in [0.5, 0.6) is 0 Å². The summed E-state index contributed by atoms with van der Waals surface area (Å²) >= 11 is 0. The zero-order chi connectivity index (χ0) is 22.2. The number of aromatic nitrogens is 1. The zero-order valence-corrected chi connectivity index (χ0v) is 19.0. The molecule has 0 atom stereocenters. The zero-order valence-electron chi connectivity index (χ0n) is 19.0. The van der Waals surface area contributed by atoms with Gasteiger partial charge in [-0.05, 0) is 31.6 Å². The van der Waals surface area contributed by atoms with Gasteiger partial charge in [0.1, 0.15) is 11.1 Å². The fourth-order valence-corrected chi connectivity index (χ4v) is 4.52. The smallest absolute Gasteiger partial charge is 0.259 e. The maximum Gasteiger partial charge on any atom is 0.259 e. The first-order valence-electron chi connectivity index (χ1n) is 11.8. The van der Waals surface area contributed by atoms with Gasteiger partial charge in [-0.25, -0.2) is 0 Å². The second-order valence-electron chi connectivity index (χ2n) is 9.14. The third-order valence-electron chi connectivity index (χ3n) is 6.62. The lowest BCUT2D eigenvalue weighted by Gasteiger charge is -2.30. The molecule has 0 aromatic carbocycles. The summed E-state index contributed by atoms with van der Waals surface area (Å²) in [5.41, 5.74) is -0.342. The lowest BCUT2D eigenvalue weighted by molar-refractivity contribution is 0.0694. The van der Waals surface area contributed by atoms with E-state index in [2.05, 4.69) is 12.2 Å². The van der Waals surface area contributed by atoms with E-state index >= 15 is 0 Å². The van der Waals surface area contributed by atoms with Crippen molar-refractivity contribution in [3.05, 3.63) is 33.7 Å². The van der Waals surface area contributed by atoms with E-state index in [-0.39, 0.29) is 29.0 Å². The first kappa shape index (κ1) is 23.5. The van der Waals surface area contributed by atoms with Gasteiger partial charge in [0.15, 0.2) is 0 Å². The first-order chi connectivity index (χ1) is 15.0. The van der Waals surface area contributed by atoms with Crippen LogP contribution in [0.2, 0.25) is 0 Å². The molecule has 0 radical (unpaired) electrons. The molecule has 1 aliphatic heterocycles. The Kier molecular flexibility index (Phi) is 8.69. The molecular formula is C24H37N3O4. The Morgan fingerprint density at radius 1 is 1.00 bits per heavy atom. The molecule has 1 aliphatic carbocycles. The van der Waals surface area contributed by atoms with E-state index < -0.39 is 5.43 Å². The minimum absolute atomic E-state index is 0.0504. The van der Waals surface area contributed by atoms with Crippen molar-refractivity contribution >= 4 is 11.8 Å². The van der Waals surface area contributed by atoms with E-state index in [1.54, 1.807) is 29.0 Å². The van der Waals surface area contributed by atoms with E-state index in [1.807, 2.05) is 0 Å². The van der Waals surface area contributed by atoms with E-state index in [9.17, 15) is 14.4 Å². The lowest BCUT2D eigenvalue weighted by Crippen LogP contribution is -2.42. The normalized spacial score (nSPS) is 19.0. The standard InChI is InChI=1S/C24H37N3O4/c1-18-10-12-27(13-11-18)24(30)21-17-26(14-15-31-2)16-20(22(21)28)23(29)25-19-8-6-4-3-5-7-9-19/h16-19H,3-15H2,1-2H3,(H,25,29). The minimum atomic E-state index is -0.472. The van der Waals surface area contributed by atoms with Crippen molar-refractivity contribution in [3.63, 3.8) is 0 Å². The number of piperidine rings is 1. The number of methoxy groups -OCH3 is 1. The van der Waals surface area contributed by atoms with Crippen LogP contribution in [-0.4, -0.2) is 54.1 Å². The van der Waals surface area contributed by atoms with Gasteiger partial charge in [0, 0.05) is 45.2 Å². The quantitative estimate of drug-likeness (QED) is 0.750. The fourth-order valence-electron chi connectivity index (χ4n) is 4.52. The Hall–Kier alpha value is -2.15. The highest BCUT2D eigenvalue weighted by atomic mass is 16.5. The molecule has 7 nitrogen and oxygen atoms in total. The number of carbonyl (C=O) groups is 2. The number of nitrogens with zero attached hydrogens (tertiary/aromatic N) is 2. The summed E-state index contributed by atoms with van der Waals surface area (Å²) in [6.45, 7) is 4.38. The summed E-state index contributed by atoms with van der Waals surface area (Å²) in [7, 11) is 1.60. The van der Waals surface area contributed by atoms with Crippen LogP contribution in [0.4, 0.5) is 0 Å². The van der Waals surface area contributed by atoms with E-state index in [1.165, 1.54) is 19.3 Å². The van der Waals surface area contributed by atoms with Gasteiger partial charge in [-0.3, -0.25) is 14.4 Å². The minimum Gasteiger partial charge on any atom is -0.383 e. The molecule has 2 amide bonds. The highest BCUT2D eigenvalue weighted by Gasteiger charge is 2.26. The van der Waals surface area contributed by atoms with Crippen molar-refractivity contribution in [2.75, 3.05) is 26.8 Å². The van der Waals surface area contributed by atoms with Crippen LogP contribution in [0, 0.1) is 5.92 Å². The van der Waals surface area contributed by atoms with Gasteiger partial charge in [-0.2, -0.15) is 0 Å². The van der Waals surface area contributed by atoms with Gasteiger partial charge in [0.25, 0.3) is 11.8 Å². The molecule has 1 saturated carbocycles. The lowest BCUT2D eigenvalue weighted by atomic mass is 9.96. The van der Waals surface area contributed by atoms with Crippen LogP contribution < -0.4 is 10.7 Å². The van der Waals surface area contributed by atoms with Crippen molar-refractivity contribution < 1.29 is 14.3 Å². The van der Waals surface area contributed by atoms with Crippen LogP contribution in [0.25, 0.3) is 0 Å². The average molecular weight is 432 g/mol. The number of likely N-dealkylation sites (tertiary alicyclic amines) is 1. The molecule has 1 aromatic heterocycles. The molecule has 0 bridgehead atoms. The third-order valence-corrected chi connectivity index (χ3v) is 6.62. The highest BCUT2D eigenvalue weighted by molar-refractivity contribution is 5.99. The molecule has 3 rings (SSSR count). The molecule has 2 fully saturated rings. The number of nitrogens with one attached hydrogen (secondary N) is 1. The van der Waals surface area contributed by atoms with Crippen LogP contribution in [0.3, 0.4) is 0 Å². The molecule has 0 unspecified atom stereocenters. The molecule has 1 aromatic rings. The van der Waals surface area contributed by atoms with Gasteiger partial charge in [-0.1, -0.05) is 39.0 Å². The highest BCUT2D eigenvalue weighted by Crippen LogP contribution is 2.19. The summed E-state index contributed by atoms with van der Waals surface area (Å²) in [6.07, 6.45) is 12.7. The predicted molar refractivity (Wildman–Crippen MR) is 120 cm³/mol. The Balaban J connectivity index is 1.84. The number of amides is 2. The van der Waals surface area contributed by atoms with Crippen LogP contribution in [-0.2, 0) is 11.3 Å². The van der Waals surface area contributed by atoms with Crippen LogP contribution in [0.15, 0.2) is 17.2 Å². The number of ether oxygens (including phenoxy) is 1. The Morgan fingerprint density at radius 3 is 2.26 bits per heavy atom. The Bertz CT molecular complexity index is 804. The van der Waals surface area contributed by atoms with Gasteiger partial charge >= 0.3 is 0 Å². The summed E-state index contributed by atoms with van der Waals surface area (Å²) in [6, 6.07) is 0.0857. The maximum absolute atomic E-state index is 13.2. The monoisotopic (exact) mass is 431 g/mol. The van der Waals surface area contributed by atoms with Crippen molar-refractivity contribution in [3.8, 4) is 0 Å². The number of pyridine rings is 1. The molecule has 2 heterocycles. The van der Waals surface area contributed by atoms with Crippen LogP contribution in [0.1, 0.15) is 85.4 Å². The van der Waals surface area contributed by atoms with Gasteiger partial charge in [0.2, 0.25) is 5.43 Å². The second-order valence-corrected chi connectivity index (χ2v) is 9.14. The number of hydrogen-bond donors (Lipinski definition) is 1. The van der Waals surface area contributed by atoms with Gasteiger partial charge in [-0.15, -0.1) is 0 Å². The van der Waals surface area contributed by atoms with Crippen LogP contribution >= 0.6 is 0 Å². The van der Waals surface area contributed by atoms with E-state index in [4.69, 9.17) is 4.74 Å². The van der Waals surface area contributed by atoms with E-state index in [0.29, 0.717) is 32.2 Å². The average Bonchev–Trinajstić information content (AvgIpc) is 2.74. The van der Waals surface area contributed by atoms with Gasteiger partial charge < -0.3 is 19.5 Å². The second kappa shape index (κ2) is 11.5. The Labute approximate surface area is 185 Å². The first-order valence-corrected chi connectivity index (χ1v) is 11.8. The van der Waals surface area contributed by atoms with Crippen molar-refractivity contribution in [2.45, 2.75) is 77.3 Å². The van der Waals surface area contributed by atoms with Crippen molar-refractivity contribution in [1.29, 1.82) is 0 Å². The van der Waals surface area contributed by atoms with E-state index in [0.717, 1.165) is 38.5 Å². The van der Waals surface area contributed by atoms with Crippen molar-refractivity contribution in [1.82, 2.24) is 14.8 Å². The molecule has 2 aliphatic rings. The number of carbonyl (C=O) groups excluding carboxylic acids is 2. The van der Waals surface area contributed by atoms with Gasteiger partial charge in [0.05, 0.1) is 6.61 Å². The summed E-state index contributed by atoms with van der Waals surface area (Å²) in [5.74, 6) is -0.0596. The molecule has 31 heavy (non-hydrogen) atoms. The number of hydrogen-bond acceptors (Lipinski definition) is 4. The fraction of sp³-hybridized carbons (Fsp3) is 0.708. The third kappa shape index (κ3) is 6.42. The topological polar surface area (TPSA) is 80.6 Å². The molecule has 1 N–H and O–H groups in total. The number of rotatable bonds is 6. The molecule has 1 saturated heterocycles. The summed E-state index contributed by atoms with van der Waals surface area (Å²) in [5, 5.41) is 3.07. The molecular weight excluding hydrogens is 394 g/mol. The predicted octanol–water partition coefficient (Wildman–Crippen LogP) is 3.21. The largest absolute Gasteiger partial charge is 0.383 e. The summed E-state index contributed by atoms with van der Waals surface area (Å²) < 4.78 is 6.89. The maximum atomic E-state index is 13.2. The molecule has 172 valence electrons. The Morgan fingerprint density at radius 2 is 1.61 bits per heavy atom. The van der Waals surface area contributed by atoms with Crippen molar-refractivity contribution in [2.24, 2.45) is 5.92 Å².